The Bertz CT molecular complexity index is 252. The number of hydrogen-bond acceptors (Lipinski definition) is 2. The van der Waals surface area contributed by atoms with Crippen molar-refractivity contribution < 1.29 is 8.42 Å². The zero-order chi connectivity index (χ0) is 11.4. The van der Waals surface area contributed by atoms with Crippen LogP contribution >= 0.6 is 15.9 Å². The van der Waals surface area contributed by atoms with Crippen LogP contribution in [-0.2, 0) is 10.2 Å². The van der Waals surface area contributed by atoms with Crippen molar-refractivity contribution in [1.29, 1.82) is 0 Å². The van der Waals surface area contributed by atoms with Gasteiger partial charge in [0.2, 0.25) is 0 Å². The Morgan fingerprint density at radius 1 is 1.29 bits per heavy atom. The smallest absolute Gasteiger partial charge is 0.195 e. The monoisotopic (exact) mass is 286 g/mol. The van der Waals surface area contributed by atoms with Crippen molar-refractivity contribution in [3.05, 3.63) is 0 Å². The molecule has 86 valence electrons. The Morgan fingerprint density at radius 3 is 2.07 bits per heavy atom. The maximum absolute atomic E-state index is 11.8. The molecule has 0 bridgehead atoms. The average Bonchev–Trinajstić information content (AvgIpc) is 2.03. The number of rotatable bonds is 6. The summed E-state index contributed by atoms with van der Waals surface area (Å²) in [6.45, 7) is 4.33. The Kier molecular flexibility index (Phi) is 6.20. The zero-order valence-corrected chi connectivity index (χ0v) is 11.6. The van der Waals surface area contributed by atoms with Crippen LogP contribution in [0.5, 0.6) is 0 Å². The van der Waals surface area contributed by atoms with Gasteiger partial charge in [0, 0.05) is 32.0 Å². The second-order valence-corrected chi connectivity index (χ2v) is 6.43. The van der Waals surface area contributed by atoms with Crippen molar-refractivity contribution >= 4 is 26.1 Å². The lowest BCUT2D eigenvalue weighted by atomic mass is 10.4. The van der Waals surface area contributed by atoms with Crippen LogP contribution in [0.2, 0.25) is 0 Å². The lowest BCUT2D eigenvalue weighted by Crippen LogP contribution is -2.44. The fraction of sp³-hybridized carbons (Fsp3) is 1.00. The quantitative estimate of drug-likeness (QED) is 0.691. The molecule has 14 heavy (non-hydrogen) atoms. The van der Waals surface area contributed by atoms with Gasteiger partial charge < -0.3 is 0 Å². The van der Waals surface area contributed by atoms with Gasteiger partial charge in [-0.25, -0.2) is 0 Å². The topological polar surface area (TPSA) is 40.6 Å². The molecule has 4 nitrogen and oxygen atoms in total. The molecular formula is C8H19BrN2O2S. The van der Waals surface area contributed by atoms with E-state index in [2.05, 4.69) is 15.9 Å². The van der Waals surface area contributed by atoms with Crippen molar-refractivity contribution in [2.24, 2.45) is 0 Å². The van der Waals surface area contributed by atoms with Gasteiger partial charge >= 0.3 is 0 Å². The van der Waals surface area contributed by atoms with E-state index in [-0.39, 0.29) is 6.04 Å². The van der Waals surface area contributed by atoms with Crippen LogP contribution in [0, 0.1) is 0 Å². The highest BCUT2D eigenvalue weighted by molar-refractivity contribution is 9.09. The fourth-order valence-corrected chi connectivity index (χ4v) is 2.63. The molecule has 0 heterocycles. The molecule has 0 aliphatic carbocycles. The maximum Gasteiger partial charge on any atom is 0.281 e. The molecule has 0 aromatic heterocycles. The molecule has 0 saturated carbocycles. The fourth-order valence-electron chi connectivity index (χ4n) is 1.07. The minimum absolute atomic E-state index is 0.00134. The van der Waals surface area contributed by atoms with E-state index in [1.807, 2.05) is 13.8 Å². The summed E-state index contributed by atoms with van der Waals surface area (Å²) in [5, 5.41) is 0.819. The highest BCUT2D eigenvalue weighted by atomic mass is 79.9. The summed E-state index contributed by atoms with van der Waals surface area (Å²) in [6, 6.07) is 0.00134. The first-order valence-electron chi connectivity index (χ1n) is 4.59. The molecule has 0 saturated heterocycles. The van der Waals surface area contributed by atoms with Gasteiger partial charge in [-0.15, -0.1) is 0 Å². The van der Waals surface area contributed by atoms with E-state index < -0.39 is 10.2 Å². The molecule has 0 N–H and O–H groups in total. The minimum atomic E-state index is -3.26. The van der Waals surface area contributed by atoms with Gasteiger partial charge in [0.05, 0.1) is 0 Å². The lowest BCUT2D eigenvalue weighted by Gasteiger charge is -2.28. The zero-order valence-electron chi connectivity index (χ0n) is 9.20. The summed E-state index contributed by atoms with van der Waals surface area (Å²) in [6.07, 6.45) is 0.825. The molecule has 0 aliphatic heterocycles. The third-order valence-electron chi connectivity index (χ3n) is 1.85. The standard InChI is InChI=1S/C8H19BrN2O2S/c1-8(2)11(7-5-6-9)14(12,13)10(3)4/h8H,5-7H2,1-4H3. The Labute approximate surface area is 95.6 Å². The van der Waals surface area contributed by atoms with Crippen LogP contribution in [0.1, 0.15) is 20.3 Å². The van der Waals surface area contributed by atoms with Gasteiger partial charge in [0.15, 0.2) is 0 Å². The maximum atomic E-state index is 11.8. The largest absolute Gasteiger partial charge is 0.281 e. The third kappa shape index (κ3) is 3.84. The molecule has 0 aliphatic rings. The van der Waals surface area contributed by atoms with E-state index in [4.69, 9.17) is 0 Å². The highest BCUT2D eigenvalue weighted by Gasteiger charge is 2.26. The van der Waals surface area contributed by atoms with E-state index in [0.717, 1.165) is 11.8 Å². The minimum Gasteiger partial charge on any atom is -0.195 e. The molecule has 0 aromatic carbocycles. The molecule has 0 aromatic rings. The van der Waals surface area contributed by atoms with Crippen molar-refractivity contribution in [2.75, 3.05) is 26.0 Å². The molecule has 0 fully saturated rings. The number of hydrogen-bond donors (Lipinski definition) is 0. The van der Waals surface area contributed by atoms with Crippen LogP contribution in [0.3, 0.4) is 0 Å². The normalized spacial score (nSPS) is 13.1. The first-order valence-corrected chi connectivity index (χ1v) is 7.11. The Balaban J connectivity index is 4.65. The van der Waals surface area contributed by atoms with Crippen LogP contribution in [-0.4, -0.2) is 49.0 Å². The van der Waals surface area contributed by atoms with Gasteiger partial charge in [0.1, 0.15) is 0 Å². The van der Waals surface area contributed by atoms with Gasteiger partial charge in [-0.3, -0.25) is 0 Å². The summed E-state index contributed by atoms with van der Waals surface area (Å²) in [7, 11) is -0.156. The van der Waals surface area contributed by atoms with Gasteiger partial charge in [-0.05, 0) is 20.3 Å². The third-order valence-corrected chi connectivity index (χ3v) is 4.53. The summed E-state index contributed by atoms with van der Waals surface area (Å²) >= 11 is 3.30. The van der Waals surface area contributed by atoms with Crippen LogP contribution in [0.4, 0.5) is 0 Å². The molecule has 6 heteroatoms. The van der Waals surface area contributed by atoms with E-state index in [1.54, 1.807) is 14.1 Å². The van der Waals surface area contributed by atoms with Crippen LogP contribution in [0.25, 0.3) is 0 Å². The molecule has 0 rings (SSSR count). The molecule has 0 spiro atoms. The SMILES string of the molecule is CC(C)N(CCCBr)S(=O)(=O)N(C)C. The van der Waals surface area contributed by atoms with Crippen molar-refractivity contribution in [2.45, 2.75) is 26.3 Å². The lowest BCUT2D eigenvalue weighted by molar-refractivity contribution is 0.329. The number of alkyl halides is 1. The Hall–Kier alpha value is 0.350. The van der Waals surface area contributed by atoms with Gasteiger partial charge in [-0.2, -0.15) is 17.0 Å². The van der Waals surface area contributed by atoms with E-state index in [0.29, 0.717) is 6.54 Å². The molecule has 0 atom stereocenters. The molecule has 0 unspecified atom stereocenters. The van der Waals surface area contributed by atoms with Crippen molar-refractivity contribution in [1.82, 2.24) is 8.61 Å². The molecular weight excluding hydrogens is 268 g/mol. The first-order chi connectivity index (χ1) is 6.34. The molecule has 0 radical (unpaired) electrons. The van der Waals surface area contributed by atoms with Gasteiger partial charge in [0.25, 0.3) is 10.2 Å². The first kappa shape index (κ1) is 14.3. The summed E-state index contributed by atoms with van der Waals surface area (Å²) in [5.41, 5.74) is 0. The predicted molar refractivity (Wildman–Crippen MR) is 62.9 cm³/mol. The number of nitrogens with zero attached hydrogens (tertiary/aromatic N) is 2. The number of halogens is 1. The highest BCUT2D eigenvalue weighted by Crippen LogP contribution is 2.10. The van der Waals surface area contributed by atoms with E-state index in [1.165, 1.54) is 8.61 Å². The van der Waals surface area contributed by atoms with E-state index >= 15 is 0 Å². The summed E-state index contributed by atoms with van der Waals surface area (Å²) < 4.78 is 26.4. The Morgan fingerprint density at radius 2 is 1.79 bits per heavy atom. The average molecular weight is 287 g/mol. The van der Waals surface area contributed by atoms with Crippen molar-refractivity contribution in [3.63, 3.8) is 0 Å². The summed E-state index contributed by atoms with van der Waals surface area (Å²) in [4.78, 5) is 0. The van der Waals surface area contributed by atoms with E-state index in [9.17, 15) is 8.42 Å². The molecule has 0 amide bonds. The summed E-state index contributed by atoms with van der Waals surface area (Å²) in [5.74, 6) is 0. The second kappa shape index (κ2) is 6.05. The predicted octanol–water partition coefficient (Wildman–Crippen LogP) is 1.29. The van der Waals surface area contributed by atoms with Crippen LogP contribution in [0.15, 0.2) is 0 Å². The van der Waals surface area contributed by atoms with Crippen LogP contribution < -0.4 is 0 Å². The second-order valence-electron chi connectivity index (χ2n) is 3.54. The van der Waals surface area contributed by atoms with Crippen molar-refractivity contribution in [3.8, 4) is 0 Å². The van der Waals surface area contributed by atoms with Gasteiger partial charge in [-0.1, -0.05) is 15.9 Å².